The molecule has 1 aromatic rings. The minimum Gasteiger partial charge on any atom is -0.383 e. The molecule has 0 unspecified atom stereocenters. The third-order valence-corrected chi connectivity index (χ3v) is 5.32. The van der Waals surface area contributed by atoms with Gasteiger partial charge in [-0.2, -0.15) is 0 Å². The molecule has 0 aromatic carbocycles. The van der Waals surface area contributed by atoms with E-state index in [1.54, 1.807) is 31.6 Å². The Morgan fingerprint density at radius 2 is 1.96 bits per heavy atom. The van der Waals surface area contributed by atoms with Crippen LogP contribution in [0.2, 0.25) is 0 Å². The van der Waals surface area contributed by atoms with Crippen molar-refractivity contribution in [3.05, 3.63) is 30.1 Å². The number of aromatic nitrogens is 1. The van der Waals surface area contributed by atoms with E-state index in [1.165, 1.54) is 0 Å². The molecule has 2 fully saturated rings. The highest BCUT2D eigenvalue weighted by Crippen LogP contribution is 2.41. The van der Waals surface area contributed by atoms with Crippen molar-refractivity contribution >= 4 is 11.8 Å². The van der Waals surface area contributed by atoms with Crippen LogP contribution < -0.4 is 0 Å². The van der Waals surface area contributed by atoms with Gasteiger partial charge in [0, 0.05) is 51.2 Å². The first-order valence-corrected chi connectivity index (χ1v) is 8.64. The Balaban J connectivity index is 1.65. The van der Waals surface area contributed by atoms with Crippen LogP contribution in [0.3, 0.4) is 0 Å². The van der Waals surface area contributed by atoms with Crippen molar-refractivity contribution in [3.8, 4) is 0 Å². The average molecular weight is 331 g/mol. The molecule has 0 bridgehead atoms. The van der Waals surface area contributed by atoms with Crippen LogP contribution in [0.5, 0.6) is 0 Å². The maximum atomic E-state index is 12.8. The second-order valence-corrected chi connectivity index (χ2v) is 6.70. The highest BCUT2D eigenvalue weighted by atomic mass is 16.5. The van der Waals surface area contributed by atoms with Gasteiger partial charge >= 0.3 is 0 Å². The maximum Gasteiger partial charge on any atom is 0.253 e. The van der Waals surface area contributed by atoms with Crippen molar-refractivity contribution < 1.29 is 14.3 Å². The van der Waals surface area contributed by atoms with Crippen molar-refractivity contribution in [2.24, 2.45) is 5.41 Å². The van der Waals surface area contributed by atoms with Crippen molar-refractivity contribution in [1.29, 1.82) is 0 Å². The predicted octanol–water partition coefficient (Wildman–Crippen LogP) is 1.57. The fourth-order valence-corrected chi connectivity index (χ4v) is 3.85. The summed E-state index contributed by atoms with van der Waals surface area (Å²) in [7, 11) is 1.66. The SMILES string of the molecule is COCCN1CC[C@]2(CCCN(C(=O)c3ccncc3)CC2)C1=O. The lowest BCUT2D eigenvalue weighted by Crippen LogP contribution is -2.37. The number of nitrogens with zero attached hydrogens (tertiary/aromatic N) is 3. The van der Waals surface area contributed by atoms with Gasteiger partial charge in [0.05, 0.1) is 12.0 Å². The van der Waals surface area contributed by atoms with Crippen LogP contribution in [0, 0.1) is 5.41 Å². The van der Waals surface area contributed by atoms with Gasteiger partial charge in [0.15, 0.2) is 0 Å². The first-order valence-electron chi connectivity index (χ1n) is 8.64. The molecule has 0 radical (unpaired) electrons. The zero-order valence-corrected chi connectivity index (χ0v) is 14.2. The molecule has 2 aliphatic rings. The average Bonchev–Trinajstić information content (AvgIpc) is 2.79. The molecule has 3 rings (SSSR count). The van der Waals surface area contributed by atoms with Crippen molar-refractivity contribution in [2.45, 2.75) is 25.7 Å². The summed E-state index contributed by atoms with van der Waals surface area (Å²) in [6.45, 7) is 3.41. The van der Waals surface area contributed by atoms with Crippen LogP contribution in [0.15, 0.2) is 24.5 Å². The molecular formula is C18H25N3O3. The molecule has 6 heteroatoms. The zero-order valence-electron chi connectivity index (χ0n) is 14.2. The van der Waals surface area contributed by atoms with Gasteiger partial charge in [0.25, 0.3) is 5.91 Å². The Morgan fingerprint density at radius 1 is 1.21 bits per heavy atom. The number of likely N-dealkylation sites (tertiary alicyclic amines) is 2. The third kappa shape index (κ3) is 3.29. The van der Waals surface area contributed by atoms with E-state index in [-0.39, 0.29) is 17.2 Å². The largest absolute Gasteiger partial charge is 0.383 e. The van der Waals surface area contributed by atoms with Crippen molar-refractivity contribution in [2.75, 3.05) is 39.9 Å². The molecule has 1 spiro atoms. The first kappa shape index (κ1) is 16.9. The number of hydrogen-bond acceptors (Lipinski definition) is 4. The van der Waals surface area contributed by atoms with Crippen LogP contribution in [0.1, 0.15) is 36.0 Å². The van der Waals surface area contributed by atoms with Gasteiger partial charge in [0.2, 0.25) is 5.91 Å². The summed E-state index contributed by atoms with van der Waals surface area (Å²) < 4.78 is 5.10. The predicted molar refractivity (Wildman–Crippen MR) is 89.5 cm³/mol. The number of carbonyl (C=O) groups is 2. The Labute approximate surface area is 142 Å². The van der Waals surface area contributed by atoms with Crippen LogP contribution in [0.25, 0.3) is 0 Å². The van der Waals surface area contributed by atoms with Crippen LogP contribution >= 0.6 is 0 Å². The second-order valence-electron chi connectivity index (χ2n) is 6.70. The lowest BCUT2D eigenvalue weighted by atomic mass is 9.79. The smallest absolute Gasteiger partial charge is 0.253 e. The maximum absolute atomic E-state index is 12.8. The van der Waals surface area contributed by atoms with Crippen molar-refractivity contribution in [3.63, 3.8) is 0 Å². The number of carbonyl (C=O) groups excluding carboxylic acids is 2. The molecule has 1 aromatic heterocycles. The number of methoxy groups -OCH3 is 1. The summed E-state index contributed by atoms with van der Waals surface area (Å²) in [5.41, 5.74) is 0.390. The number of pyridine rings is 1. The Kier molecular flexibility index (Phi) is 5.14. The molecule has 2 aliphatic heterocycles. The third-order valence-electron chi connectivity index (χ3n) is 5.32. The monoisotopic (exact) mass is 331 g/mol. The fraction of sp³-hybridized carbons (Fsp3) is 0.611. The molecule has 0 N–H and O–H groups in total. The summed E-state index contributed by atoms with van der Waals surface area (Å²) in [6.07, 6.45) is 6.68. The molecule has 2 amide bonds. The first-order chi connectivity index (χ1) is 11.7. The molecule has 24 heavy (non-hydrogen) atoms. The van der Waals surface area contributed by atoms with Crippen LogP contribution in [0.4, 0.5) is 0 Å². The van der Waals surface area contributed by atoms with Gasteiger partial charge in [0.1, 0.15) is 0 Å². The van der Waals surface area contributed by atoms with E-state index >= 15 is 0 Å². The topological polar surface area (TPSA) is 62.7 Å². The Hall–Kier alpha value is -1.95. The van der Waals surface area contributed by atoms with E-state index in [9.17, 15) is 9.59 Å². The fourth-order valence-electron chi connectivity index (χ4n) is 3.85. The minimum absolute atomic E-state index is 0.0381. The highest BCUT2D eigenvalue weighted by Gasteiger charge is 2.46. The lowest BCUT2D eigenvalue weighted by molar-refractivity contribution is -0.137. The van der Waals surface area contributed by atoms with E-state index in [4.69, 9.17) is 4.74 Å². The van der Waals surface area contributed by atoms with E-state index in [0.717, 1.165) is 32.2 Å². The lowest BCUT2D eigenvalue weighted by Gasteiger charge is -2.26. The van der Waals surface area contributed by atoms with E-state index in [2.05, 4.69) is 4.98 Å². The number of amides is 2. The van der Waals surface area contributed by atoms with Crippen molar-refractivity contribution in [1.82, 2.24) is 14.8 Å². The van der Waals surface area contributed by atoms with Gasteiger partial charge in [-0.1, -0.05) is 0 Å². The summed E-state index contributed by atoms with van der Waals surface area (Å²) in [4.78, 5) is 33.2. The van der Waals surface area contributed by atoms with Gasteiger partial charge in [-0.05, 0) is 37.8 Å². The van der Waals surface area contributed by atoms with Gasteiger partial charge < -0.3 is 14.5 Å². The molecule has 6 nitrogen and oxygen atoms in total. The standard InChI is InChI=1S/C18H25N3O3/c1-24-14-13-21-12-7-18(17(21)23)5-2-10-20(11-6-18)16(22)15-3-8-19-9-4-15/h3-4,8-9H,2,5-7,10-14H2,1H3/t18-/m1/s1. The van der Waals surface area contributed by atoms with Gasteiger partial charge in [-0.25, -0.2) is 0 Å². The minimum atomic E-state index is -0.277. The Bertz CT molecular complexity index is 592. The molecule has 130 valence electrons. The van der Waals surface area contributed by atoms with Crippen LogP contribution in [-0.4, -0.2) is 66.5 Å². The number of ether oxygens (including phenoxy) is 1. The second kappa shape index (κ2) is 7.30. The van der Waals surface area contributed by atoms with Gasteiger partial charge in [-0.3, -0.25) is 14.6 Å². The number of rotatable bonds is 4. The summed E-state index contributed by atoms with van der Waals surface area (Å²) in [5.74, 6) is 0.286. The quantitative estimate of drug-likeness (QED) is 0.840. The molecule has 2 saturated heterocycles. The molecule has 1 atom stereocenters. The normalized spacial score (nSPS) is 24.5. The van der Waals surface area contributed by atoms with E-state index in [1.807, 2.05) is 9.80 Å². The van der Waals surface area contributed by atoms with E-state index < -0.39 is 0 Å². The Morgan fingerprint density at radius 3 is 2.71 bits per heavy atom. The molecule has 0 aliphatic carbocycles. The number of hydrogen-bond donors (Lipinski definition) is 0. The molecule has 3 heterocycles. The van der Waals surface area contributed by atoms with Gasteiger partial charge in [-0.15, -0.1) is 0 Å². The van der Waals surface area contributed by atoms with Crippen LogP contribution in [-0.2, 0) is 9.53 Å². The summed E-state index contributed by atoms with van der Waals surface area (Å²) >= 11 is 0. The molecule has 0 saturated carbocycles. The summed E-state index contributed by atoms with van der Waals surface area (Å²) in [5, 5.41) is 0. The molecular weight excluding hydrogens is 306 g/mol. The highest BCUT2D eigenvalue weighted by molar-refractivity contribution is 5.94. The summed E-state index contributed by atoms with van der Waals surface area (Å²) in [6, 6.07) is 3.49. The van der Waals surface area contributed by atoms with E-state index in [0.29, 0.717) is 31.8 Å². The zero-order chi connectivity index (χ0) is 17.0.